The second-order valence-electron chi connectivity index (χ2n) is 2.92. The van der Waals surface area contributed by atoms with Gasteiger partial charge in [0.05, 0.1) is 12.2 Å². The zero-order valence-electron chi connectivity index (χ0n) is 7.88. The third kappa shape index (κ3) is 2.85. The van der Waals surface area contributed by atoms with Crippen molar-refractivity contribution >= 4 is 56.2 Å². The molecule has 2 aromatic rings. The van der Waals surface area contributed by atoms with Gasteiger partial charge >= 0.3 is 0 Å². The zero-order valence-corrected chi connectivity index (χ0v) is 11.8. The number of hydrogen-bond donors (Lipinski definition) is 1. The van der Waals surface area contributed by atoms with E-state index in [0.717, 1.165) is 4.47 Å². The van der Waals surface area contributed by atoms with Gasteiger partial charge in [0.2, 0.25) is 0 Å². The predicted molar refractivity (Wildman–Crippen MR) is 71.4 cm³/mol. The van der Waals surface area contributed by atoms with Gasteiger partial charge in [-0.1, -0.05) is 23.2 Å². The van der Waals surface area contributed by atoms with E-state index >= 15 is 0 Å². The summed E-state index contributed by atoms with van der Waals surface area (Å²) in [6.07, 6.45) is 0. The van der Waals surface area contributed by atoms with Crippen LogP contribution in [-0.4, -0.2) is 10.2 Å². The first-order valence-corrected chi connectivity index (χ1v) is 6.74. The number of halogens is 3. The molecule has 0 atom stereocenters. The van der Waals surface area contributed by atoms with E-state index in [1.54, 1.807) is 17.4 Å². The molecule has 0 aliphatic carbocycles. The summed E-state index contributed by atoms with van der Waals surface area (Å²) in [4.78, 5) is 1.18. The van der Waals surface area contributed by atoms with Crippen LogP contribution in [0, 0.1) is 0 Å². The molecule has 0 aliphatic heterocycles. The second-order valence-corrected chi connectivity index (χ2v) is 5.52. The van der Waals surface area contributed by atoms with Crippen molar-refractivity contribution in [2.45, 2.75) is 6.54 Å². The Kier molecular flexibility index (Phi) is 4.02. The lowest BCUT2D eigenvalue weighted by Gasteiger charge is -2.06. The molecule has 0 amide bonds. The lowest BCUT2D eigenvalue weighted by Crippen LogP contribution is -2.00. The van der Waals surface area contributed by atoms with Gasteiger partial charge in [-0.2, -0.15) is 0 Å². The van der Waals surface area contributed by atoms with Crippen molar-refractivity contribution in [2.75, 3.05) is 5.32 Å². The first-order chi connectivity index (χ1) is 7.66. The van der Waals surface area contributed by atoms with Crippen LogP contribution in [-0.2, 0) is 6.54 Å². The van der Waals surface area contributed by atoms with E-state index < -0.39 is 0 Å². The van der Waals surface area contributed by atoms with Gasteiger partial charge in [0.15, 0.2) is 10.3 Å². The summed E-state index contributed by atoms with van der Waals surface area (Å²) in [5, 5.41) is 13.2. The number of rotatable bonds is 3. The third-order valence-electron chi connectivity index (χ3n) is 1.85. The molecule has 16 heavy (non-hydrogen) atoms. The summed E-state index contributed by atoms with van der Waals surface area (Å²) in [5.41, 5.74) is 0.682. The third-order valence-corrected chi connectivity index (χ3v) is 4.24. The van der Waals surface area contributed by atoms with Crippen LogP contribution in [0.3, 0.4) is 0 Å². The number of hydrogen-bond acceptors (Lipinski definition) is 4. The summed E-state index contributed by atoms with van der Waals surface area (Å²) in [7, 11) is 0. The lowest BCUT2D eigenvalue weighted by molar-refractivity contribution is 1.02. The van der Waals surface area contributed by atoms with Crippen LogP contribution in [0.1, 0.15) is 4.88 Å². The molecule has 7 heteroatoms. The number of thiophene rings is 1. The van der Waals surface area contributed by atoms with Crippen LogP contribution < -0.4 is 5.32 Å². The van der Waals surface area contributed by atoms with Gasteiger partial charge in [0.1, 0.15) is 0 Å². The van der Waals surface area contributed by atoms with Crippen molar-refractivity contribution in [1.82, 2.24) is 10.2 Å². The van der Waals surface area contributed by atoms with E-state index in [-0.39, 0.29) is 0 Å². The molecule has 0 aromatic carbocycles. The van der Waals surface area contributed by atoms with Gasteiger partial charge in [0.25, 0.3) is 0 Å². The van der Waals surface area contributed by atoms with Crippen LogP contribution in [0.2, 0.25) is 10.3 Å². The summed E-state index contributed by atoms with van der Waals surface area (Å²) in [6.45, 7) is 0.667. The average molecular weight is 339 g/mol. The van der Waals surface area contributed by atoms with Gasteiger partial charge < -0.3 is 5.32 Å². The first-order valence-electron chi connectivity index (χ1n) is 4.31. The van der Waals surface area contributed by atoms with Gasteiger partial charge in [-0.05, 0) is 27.4 Å². The highest BCUT2D eigenvalue weighted by Gasteiger charge is 2.05. The molecule has 0 aliphatic rings. The van der Waals surface area contributed by atoms with Gasteiger partial charge in [0, 0.05) is 15.4 Å². The highest BCUT2D eigenvalue weighted by Crippen LogP contribution is 2.26. The molecule has 0 spiro atoms. The van der Waals surface area contributed by atoms with E-state index in [4.69, 9.17) is 23.2 Å². The van der Waals surface area contributed by atoms with Gasteiger partial charge in [-0.15, -0.1) is 21.5 Å². The Balaban J connectivity index is 2.10. The van der Waals surface area contributed by atoms with Crippen LogP contribution in [0.15, 0.2) is 22.0 Å². The fourth-order valence-corrected chi connectivity index (χ4v) is 2.84. The van der Waals surface area contributed by atoms with Gasteiger partial charge in [-0.3, -0.25) is 0 Å². The quantitative estimate of drug-likeness (QED) is 0.910. The van der Waals surface area contributed by atoms with Crippen molar-refractivity contribution in [2.24, 2.45) is 0 Å². The standard InChI is InChI=1S/C9H6BrCl2N3S/c10-5-1-2-16-7(5)4-13-6-3-8(11)14-15-9(6)12/h1-3H,4H2,(H,13,14). The molecule has 3 nitrogen and oxygen atoms in total. The minimum atomic E-state index is 0.317. The predicted octanol–water partition coefficient (Wildman–Crippen LogP) is 4.22. The van der Waals surface area contributed by atoms with Crippen LogP contribution in [0.4, 0.5) is 5.69 Å². The van der Waals surface area contributed by atoms with Crippen LogP contribution >= 0.6 is 50.5 Å². The molecule has 2 rings (SSSR count). The van der Waals surface area contributed by atoms with Crippen molar-refractivity contribution in [1.29, 1.82) is 0 Å². The number of nitrogens with zero attached hydrogens (tertiary/aromatic N) is 2. The molecule has 0 radical (unpaired) electrons. The Bertz CT molecular complexity index is 503. The highest BCUT2D eigenvalue weighted by molar-refractivity contribution is 9.10. The fourth-order valence-electron chi connectivity index (χ4n) is 1.10. The molecule has 2 aromatic heterocycles. The second kappa shape index (κ2) is 5.31. The minimum Gasteiger partial charge on any atom is -0.377 e. The lowest BCUT2D eigenvalue weighted by atomic mass is 10.4. The number of anilines is 1. The van der Waals surface area contributed by atoms with Crippen molar-refractivity contribution in [3.63, 3.8) is 0 Å². The van der Waals surface area contributed by atoms with E-state index in [1.165, 1.54) is 4.88 Å². The Hall–Kier alpha value is -0.360. The smallest absolute Gasteiger partial charge is 0.174 e. The topological polar surface area (TPSA) is 37.8 Å². The molecular weight excluding hydrogens is 333 g/mol. The summed E-state index contributed by atoms with van der Waals surface area (Å²) >= 11 is 16.7. The molecule has 0 bridgehead atoms. The van der Waals surface area contributed by atoms with Crippen molar-refractivity contribution < 1.29 is 0 Å². The molecule has 0 fully saturated rings. The molecule has 84 valence electrons. The number of aromatic nitrogens is 2. The molecule has 2 heterocycles. The maximum absolute atomic E-state index is 5.87. The maximum Gasteiger partial charge on any atom is 0.174 e. The molecule has 1 N–H and O–H groups in total. The van der Waals surface area contributed by atoms with E-state index in [2.05, 4.69) is 31.4 Å². The highest BCUT2D eigenvalue weighted by atomic mass is 79.9. The minimum absolute atomic E-state index is 0.317. The van der Waals surface area contributed by atoms with Crippen molar-refractivity contribution in [3.8, 4) is 0 Å². The zero-order chi connectivity index (χ0) is 11.5. The molecule has 0 unspecified atom stereocenters. The van der Waals surface area contributed by atoms with Crippen LogP contribution in [0.25, 0.3) is 0 Å². The van der Waals surface area contributed by atoms with E-state index in [1.807, 2.05) is 11.4 Å². The Morgan fingerprint density at radius 3 is 2.88 bits per heavy atom. The van der Waals surface area contributed by atoms with E-state index in [9.17, 15) is 0 Å². The SMILES string of the molecule is Clc1cc(NCc2sccc2Br)c(Cl)nn1. The molecule has 0 saturated carbocycles. The first kappa shape index (κ1) is 12.1. The van der Waals surface area contributed by atoms with Crippen molar-refractivity contribution in [3.05, 3.63) is 37.2 Å². The maximum atomic E-state index is 5.87. The molecular formula is C9H6BrCl2N3S. The Labute approximate surface area is 115 Å². The Morgan fingerprint density at radius 1 is 1.38 bits per heavy atom. The Morgan fingerprint density at radius 2 is 2.19 bits per heavy atom. The largest absolute Gasteiger partial charge is 0.377 e. The van der Waals surface area contributed by atoms with E-state index in [0.29, 0.717) is 22.5 Å². The number of nitrogens with one attached hydrogen (secondary N) is 1. The normalized spacial score (nSPS) is 10.4. The fraction of sp³-hybridized carbons (Fsp3) is 0.111. The summed E-state index contributed by atoms with van der Waals surface area (Å²) < 4.78 is 1.08. The summed E-state index contributed by atoms with van der Waals surface area (Å²) in [6, 6.07) is 3.65. The monoisotopic (exact) mass is 337 g/mol. The summed E-state index contributed by atoms with van der Waals surface area (Å²) in [5.74, 6) is 0. The molecule has 0 saturated heterocycles. The van der Waals surface area contributed by atoms with Crippen LogP contribution in [0.5, 0.6) is 0 Å². The van der Waals surface area contributed by atoms with Gasteiger partial charge in [-0.25, -0.2) is 0 Å². The average Bonchev–Trinajstić information content (AvgIpc) is 2.66.